The van der Waals surface area contributed by atoms with E-state index >= 15 is 0 Å². The summed E-state index contributed by atoms with van der Waals surface area (Å²) in [6.07, 6.45) is 1.04. The molecule has 8 nitrogen and oxygen atoms in total. The Bertz CT molecular complexity index is 997. The van der Waals surface area contributed by atoms with Gasteiger partial charge in [-0.2, -0.15) is 5.26 Å². The van der Waals surface area contributed by atoms with Crippen LogP contribution in [0.3, 0.4) is 0 Å². The molecular formula is C18H17N3O5S. The Morgan fingerprint density at radius 3 is 2.56 bits per heavy atom. The van der Waals surface area contributed by atoms with Crippen LogP contribution in [0, 0.1) is 11.3 Å². The highest BCUT2D eigenvalue weighted by atomic mass is 32.2. The van der Waals surface area contributed by atoms with Gasteiger partial charge in [-0.3, -0.25) is 9.10 Å². The minimum absolute atomic E-state index is 0.0272. The first-order valence-electron chi connectivity index (χ1n) is 8.04. The largest absolute Gasteiger partial charge is 0.454 e. The summed E-state index contributed by atoms with van der Waals surface area (Å²) in [6.45, 7) is 0.0608. The number of anilines is 2. The van der Waals surface area contributed by atoms with Gasteiger partial charge >= 0.3 is 0 Å². The van der Waals surface area contributed by atoms with Crippen molar-refractivity contribution in [2.24, 2.45) is 0 Å². The number of hydrogen-bond donors (Lipinski definition) is 1. The fraction of sp³-hybridized carbons (Fsp3) is 0.222. The van der Waals surface area contributed by atoms with E-state index in [0.717, 1.165) is 10.6 Å². The van der Waals surface area contributed by atoms with Gasteiger partial charge in [-0.1, -0.05) is 0 Å². The number of rotatable bonds is 6. The highest BCUT2D eigenvalue weighted by Gasteiger charge is 2.22. The lowest BCUT2D eigenvalue weighted by molar-refractivity contribution is -0.116. The number of nitrogens with zero attached hydrogens (tertiary/aromatic N) is 2. The number of ether oxygens (including phenoxy) is 2. The number of carbonyl (C=O) groups excluding carboxylic acids is 1. The van der Waals surface area contributed by atoms with E-state index in [2.05, 4.69) is 5.32 Å². The first-order chi connectivity index (χ1) is 12.9. The lowest BCUT2D eigenvalue weighted by Gasteiger charge is -2.22. The Morgan fingerprint density at radius 2 is 1.89 bits per heavy atom. The second kappa shape index (κ2) is 7.55. The number of hydrogen-bond acceptors (Lipinski definition) is 6. The van der Waals surface area contributed by atoms with Crippen LogP contribution in [0.1, 0.15) is 12.0 Å². The third-order valence-electron chi connectivity index (χ3n) is 3.88. The van der Waals surface area contributed by atoms with Crippen molar-refractivity contribution in [2.75, 3.05) is 29.2 Å². The summed E-state index contributed by atoms with van der Waals surface area (Å²) in [5.74, 6) is 0.669. The second-order valence-electron chi connectivity index (χ2n) is 5.86. The Morgan fingerprint density at radius 1 is 1.19 bits per heavy atom. The lowest BCUT2D eigenvalue weighted by Crippen LogP contribution is -2.33. The minimum Gasteiger partial charge on any atom is -0.454 e. The van der Waals surface area contributed by atoms with Crippen molar-refractivity contribution >= 4 is 27.3 Å². The van der Waals surface area contributed by atoms with E-state index in [4.69, 9.17) is 14.7 Å². The molecule has 0 aromatic heterocycles. The molecule has 0 saturated carbocycles. The van der Waals surface area contributed by atoms with Gasteiger partial charge in [-0.05, 0) is 36.4 Å². The molecule has 1 heterocycles. The molecule has 1 N–H and O–H groups in total. The number of carbonyl (C=O) groups is 1. The molecule has 9 heteroatoms. The maximum absolute atomic E-state index is 12.2. The quantitative estimate of drug-likeness (QED) is 0.813. The van der Waals surface area contributed by atoms with Crippen LogP contribution < -0.4 is 19.1 Å². The fourth-order valence-corrected chi connectivity index (χ4v) is 3.50. The Hall–Kier alpha value is -3.25. The summed E-state index contributed by atoms with van der Waals surface area (Å²) in [6, 6.07) is 13.2. The second-order valence-corrected chi connectivity index (χ2v) is 7.77. The third-order valence-corrected chi connectivity index (χ3v) is 5.08. The first kappa shape index (κ1) is 18.5. The molecule has 0 saturated heterocycles. The fourth-order valence-electron chi connectivity index (χ4n) is 2.58. The van der Waals surface area contributed by atoms with Gasteiger partial charge in [0.05, 0.1) is 23.6 Å². The molecule has 27 heavy (non-hydrogen) atoms. The number of sulfonamides is 1. The molecule has 0 radical (unpaired) electrons. The molecule has 140 valence electrons. The van der Waals surface area contributed by atoms with Crippen LogP contribution in [0.15, 0.2) is 42.5 Å². The van der Waals surface area contributed by atoms with Gasteiger partial charge < -0.3 is 14.8 Å². The molecule has 0 bridgehead atoms. The molecule has 2 aromatic carbocycles. The highest BCUT2D eigenvalue weighted by molar-refractivity contribution is 7.92. The van der Waals surface area contributed by atoms with Gasteiger partial charge in [0.15, 0.2) is 11.5 Å². The summed E-state index contributed by atoms with van der Waals surface area (Å²) in [7, 11) is -3.59. The standard InChI is InChI=1S/C18H17N3O5S/c1-27(23,24)21(15-6-7-16-17(10-15)26-12-25-16)9-8-18(22)20-14-4-2-13(11-19)3-5-14/h2-7,10H,8-9,12H2,1H3,(H,20,22). The van der Waals surface area contributed by atoms with Crippen molar-refractivity contribution in [3.63, 3.8) is 0 Å². The van der Waals surface area contributed by atoms with Crippen molar-refractivity contribution in [1.29, 1.82) is 5.26 Å². The van der Waals surface area contributed by atoms with Crippen LogP contribution in [0.2, 0.25) is 0 Å². The highest BCUT2D eigenvalue weighted by Crippen LogP contribution is 2.36. The number of nitrogens with one attached hydrogen (secondary N) is 1. The monoisotopic (exact) mass is 387 g/mol. The van der Waals surface area contributed by atoms with E-state index in [1.165, 1.54) is 0 Å². The first-order valence-corrected chi connectivity index (χ1v) is 9.89. The van der Waals surface area contributed by atoms with Crippen molar-refractivity contribution in [3.8, 4) is 17.6 Å². The third kappa shape index (κ3) is 4.48. The molecule has 0 atom stereocenters. The molecule has 0 aliphatic carbocycles. The lowest BCUT2D eigenvalue weighted by atomic mass is 10.2. The molecule has 1 aliphatic heterocycles. The average Bonchev–Trinajstić information content (AvgIpc) is 3.09. The van der Waals surface area contributed by atoms with E-state index in [0.29, 0.717) is 28.4 Å². The van der Waals surface area contributed by atoms with E-state index < -0.39 is 10.0 Å². The zero-order valence-electron chi connectivity index (χ0n) is 14.5. The Labute approximate surface area is 157 Å². The summed E-state index contributed by atoms with van der Waals surface area (Å²) < 4.78 is 36.0. The van der Waals surface area contributed by atoms with Gasteiger partial charge in [0.1, 0.15) is 0 Å². The molecule has 0 fully saturated rings. The summed E-state index contributed by atoms with van der Waals surface area (Å²) in [5, 5.41) is 11.5. The summed E-state index contributed by atoms with van der Waals surface area (Å²) >= 11 is 0. The van der Waals surface area contributed by atoms with E-state index in [1.807, 2.05) is 6.07 Å². The van der Waals surface area contributed by atoms with Crippen LogP contribution in [0.25, 0.3) is 0 Å². The number of fused-ring (bicyclic) bond motifs is 1. The predicted molar refractivity (Wildman–Crippen MR) is 99.2 cm³/mol. The van der Waals surface area contributed by atoms with Gasteiger partial charge in [0, 0.05) is 24.7 Å². The van der Waals surface area contributed by atoms with Crippen LogP contribution in [0.5, 0.6) is 11.5 Å². The SMILES string of the molecule is CS(=O)(=O)N(CCC(=O)Nc1ccc(C#N)cc1)c1ccc2c(c1)OCO2. The maximum Gasteiger partial charge on any atom is 0.232 e. The Balaban J connectivity index is 1.68. The number of amides is 1. The van der Waals surface area contributed by atoms with Gasteiger partial charge in [-0.25, -0.2) is 8.42 Å². The van der Waals surface area contributed by atoms with Gasteiger partial charge in [-0.15, -0.1) is 0 Å². The smallest absolute Gasteiger partial charge is 0.232 e. The van der Waals surface area contributed by atoms with Gasteiger partial charge in [0.2, 0.25) is 22.7 Å². The Kier molecular flexibility index (Phi) is 5.19. The summed E-state index contributed by atoms with van der Waals surface area (Å²) in [5.41, 5.74) is 1.42. The average molecular weight is 387 g/mol. The van der Waals surface area contributed by atoms with Crippen molar-refractivity contribution in [1.82, 2.24) is 0 Å². The predicted octanol–water partition coefficient (Wildman–Crippen LogP) is 2.08. The minimum atomic E-state index is -3.59. The maximum atomic E-state index is 12.2. The van der Waals surface area contributed by atoms with Crippen molar-refractivity contribution in [2.45, 2.75) is 6.42 Å². The molecule has 1 amide bonds. The topological polar surface area (TPSA) is 109 Å². The molecule has 1 aliphatic rings. The van der Waals surface area contributed by atoms with Crippen LogP contribution in [-0.4, -0.2) is 33.9 Å². The summed E-state index contributed by atoms with van der Waals surface area (Å²) in [4.78, 5) is 12.2. The van der Waals surface area contributed by atoms with Crippen LogP contribution in [-0.2, 0) is 14.8 Å². The number of nitriles is 1. The van der Waals surface area contributed by atoms with Crippen molar-refractivity contribution in [3.05, 3.63) is 48.0 Å². The van der Waals surface area contributed by atoms with Gasteiger partial charge in [0.25, 0.3) is 0 Å². The van der Waals surface area contributed by atoms with E-state index in [-0.39, 0.29) is 25.7 Å². The number of benzene rings is 2. The molecular weight excluding hydrogens is 370 g/mol. The molecule has 0 spiro atoms. The zero-order chi connectivity index (χ0) is 19.4. The van der Waals surface area contributed by atoms with Crippen molar-refractivity contribution < 1.29 is 22.7 Å². The van der Waals surface area contributed by atoms with Crippen LogP contribution in [0.4, 0.5) is 11.4 Å². The van der Waals surface area contributed by atoms with E-state index in [9.17, 15) is 13.2 Å². The molecule has 2 aromatic rings. The normalized spacial score (nSPS) is 12.3. The molecule has 3 rings (SSSR count). The zero-order valence-corrected chi connectivity index (χ0v) is 15.3. The molecule has 0 unspecified atom stereocenters. The van der Waals surface area contributed by atoms with E-state index in [1.54, 1.807) is 42.5 Å². The van der Waals surface area contributed by atoms with Crippen LogP contribution >= 0.6 is 0 Å².